The van der Waals surface area contributed by atoms with Gasteiger partial charge in [0.05, 0.1) is 0 Å². The number of nitrogens with zero attached hydrogens (tertiary/aromatic N) is 2. The lowest BCUT2D eigenvalue weighted by atomic mass is 10.1. The summed E-state index contributed by atoms with van der Waals surface area (Å²) in [4.78, 5) is 7.96. The van der Waals surface area contributed by atoms with Gasteiger partial charge in [0.1, 0.15) is 0 Å². The highest BCUT2D eigenvalue weighted by Crippen LogP contribution is 2.08. The summed E-state index contributed by atoms with van der Waals surface area (Å²) >= 11 is 5.59. The minimum Gasteiger partial charge on any atom is -0.226 e. The molecule has 0 aliphatic carbocycles. The van der Waals surface area contributed by atoms with Gasteiger partial charge >= 0.3 is 0 Å². The van der Waals surface area contributed by atoms with Gasteiger partial charge in [-0.15, -0.1) is 0 Å². The summed E-state index contributed by atoms with van der Waals surface area (Å²) in [7, 11) is 0. The number of rotatable bonds is 2. The summed E-state index contributed by atoms with van der Waals surface area (Å²) in [6, 6.07) is 0. The van der Waals surface area contributed by atoms with E-state index in [0.29, 0.717) is 5.28 Å². The molecule has 11 heavy (non-hydrogen) atoms. The minimum absolute atomic E-state index is 0.336. The van der Waals surface area contributed by atoms with E-state index in [4.69, 9.17) is 11.6 Å². The third kappa shape index (κ3) is 2.15. The molecule has 1 aromatic heterocycles. The van der Waals surface area contributed by atoms with Crippen molar-refractivity contribution in [2.45, 2.75) is 26.7 Å². The van der Waals surface area contributed by atoms with Gasteiger partial charge in [0.15, 0.2) is 0 Å². The van der Waals surface area contributed by atoms with Crippen LogP contribution in [0.25, 0.3) is 0 Å². The fraction of sp³-hybridized carbons (Fsp3) is 0.500. The average Bonchev–Trinajstić information content (AvgIpc) is 1.95. The smallest absolute Gasteiger partial charge is 0.222 e. The number of aromatic nitrogens is 2. The molecule has 0 aliphatic heterocycles. The molecular weight excluding hydrogens is 160 g/mol. The van der Waals surface area contributed by atoms with Crippen molar-refractivity contribution in [1.82, 2.24) is 9.97 Å². The van der Waals surface area contributed by atoms with E-state index in [1.54, 1.807) is 6.20 Å². The van der Waals surface area contributed by atoms with Crippen LogP contribution in [0.4, 0.5) is 0 Å². The Balaban J connectivity index is 2.90. The van der Waals surface area contributed by atoms with Crippen LogP contribution in [0.5, 0.6) is 0 Å². The SMILES string of the molecule is CCCc1cnc(Cl)nc1C. The molecule has 0 fully saturated rings. The van der Waals surface area contributed by atoms with E-state index in [-0.39, 0.29) is 0 Å². The Morgan fingerprint density at radius 2 is 2.27 bits per heavy atom. The van der Waals surface area contributed by atoms with E-state index >= 15 is 0 Å². The number of hydrogen-bond acceptors (Lipinski definition) is 2. The molecule has 0 aliphatic rings. The highest BCUT2D eigenvalue weighted by Gasteiger charge is 1.99. The molecule has 0 saturated heterocycles. The molecule has 0 radical (unpaired) electrons. The predicted molar refractivity (Wildman–Crippen MR) is 45.8 cm³/mol. The first-order valence-corrected chi connectivity index (χ1v) is 4.10. The molecule has 0 atom stereocenters. The Bertz CT molecular complexity index is 248. The van der Waals surface area contributed by atoms with Crippen molar-refractivity contribution in [3.8, 4) is 0 Å². The molecule has 1 heterocycles. The third-order valence-electron chi connectivity index (χ3n) is 1.57. The maximum absolute atomic E-state index is 5.59. The first-order chi connectivity index (χ1) is 5.24. The summed E-state index contributed by atoms with van der Waals surface area (Å²) in [6.45, 7) is 4.09. The summed E-state index contributed by atoms with van der Waals surface area (Å²) in [6.07, 6.45) is 3.95. The molecule has 1 rings (SSSR count). The number of aryl methyl sites for hydroxylation is 2. The zero-order valence-electron chi connectivity index (χ0n) is 6.76. The maximum atomic E-state index is 5.59. The lowest BCUT2D eigenvalue weighted by Crippen LogP contribution is -1.94. The van der Waals surface area contributed by atoms with E-state index < -0.39 is 0 Å². The van der Waals surface area contributed by atoms with Crippen molar-refractivity contribution in [3.05, 3.63) is 22.7 Å². The molecule has 60 valence electrons. The quantitative estimate of drug-likeness (QED) is 0.637. The van der Waals surface area contributed by atoms with Crippen LogP contribution >= 0.6 is 11.6 Å². The summed E-state index contributed by atoms with van der Waals surface area (Å²) in [5, 5.41) is 0.336. The Kier molecular flexibility index (Phi) is 2.83. The second-order valence-corrected chi connectivity index (χ2v) is 2.84. The molecule has 0 amide bonds. The van der Waals surface area contributed by atoms with Crippen LogP contribution in [-0.2, 0) is 6.42 Å². The molecule has 3 heteroatoms. The highest BCUT2D eigenvalue weighted by molar-refractivity contribution is 6.28. The Labute approximate surface area is 71.6 Å². The van der Waals surface area contributed by atoms with E-state index in [0.717, 1.165) is 18.5 Å². The lowest BCUT2D eigenvalue weighted by molar-refractivity contribution is 0.883. The van der Waals surface area contributed by atoms with Crippen molar-refractivity contribution in [2.75, 3.05) is 0 Å². The fourth-order valence-corrected chi connectivity index (χ4v) is 1.15. The second kappa shape index (κ2) is 3.67. The Hall–Kier alpha value is -0.630. The topological polar surface area (TPSA) is 25.8 Å². The zero-order valence-corrected chi connectivity index (χ0v) is 7.52. The summed E-state index contributed by atoms with van der Waals surface area (Å²) < 4.78 is 0. The molecule has 0 aromatic carbocycles. The van der Waals surface area contributed by atoms with Gasteiger partial charge in [0.25, 0.3) is 0 Å². The highest BCUT2D eigenvalue weighted by atomic mass is 35.5. The third-order valence-corrected chi connectivity index (χ3v) is 1.75. The van der Waals surface area contributed by atoms with Crippen LogP contribution < -0.4 is 0 Å². The van der Waals surface area contributed by atoms with Crippen LogP contribution in [0.3, 0.4) is 0 Å². The number of halogens is 1. The molecule has 1 aromatic rings. The molecule has 2 nitrogen and oxygen atoms in total. The van der Waals surface area contributed by atoms with Gasteiger partial charge in [-0.1, -0.05) is 13.3 Å². The van der Waals surface area contributed by atoms with Crippen molar-refractivity contribution in [2.24, 2.45) is 0 Å². The van der Waals surface area contributed by atoms with E-state index in [1.807, 2.05) is 6.92 Å². The molecule has 0 N–H and O–H groups in total. The molecular formula is C8H11ClN2. The Morgan fingerprint density at radius 1 is 1.55 bits per heavy atom. The second-order valence-electron chi connectivity index (χ2n) is 2.50. The molecule has 0 saturated carbocycles. The molecule has 0 bridgehead atoms. The molecule has 0 spiro atoms. The monoisotopic (exact) mass is 170 g/mol. The standard InChI is InChI=1S/C8H11ClN2/c1-3-4-7-5-10-8(9)11-6(7)2/h5H,3-4H2,1-2H3. The van der Waals surface area contributed by atoms with E-state index in [1.165, 1.54) is 5.56 Å². The normalized spacial score (nSPS) is 10.1. The van der Waals surface area contributed by atoms with Crippen LogP contribution in [-0.4, -0.2) is 9.97 Å². The first-order valence-electron chi connectivity index (χ1n) is 3.72. The van der Waals surface area contributed by atoms with Gasteiger partial charge < -0.3 is 0 Å². The maximum Gasteiger partial charge on any atom is 0.222 e. The predicted octanol–water partition coefficient (Wildman–Crippen LogP) is 2.39. The van der Waals surface area contributed by atoms with Crippen molar-refractivity contribution >= 4 is 11.6 Å². The Morgan fingerprint density at radius 3 is 2.82 bits per heavy atom. The summed E-state index contributed by atoms with van der Waals surface area (Å²) in [5.41, 5.74) is 2.18. The van der Waals surface area contributed by atoms with Gasteiger partial charge in [0.2, 0.25) is 5.28 Å². The van der Waals surface area contributed by atoms with Gasteiger partial charge in [-0.25, -0.2) is 9.97 Å². The molecule has 0 unspecified atom stereocenters. The number of hydrogen-bond donors (Lipinski definition) is 0. The van der Waals surface area contributed by atoms with E-state index in [2.05, 4.69) is 16.9 Å². The van der Waals surface area contributed by atoms with Gasteiger partial charge in [-0.05, 0) is 30.5 Å². The van der Waals surface area contributed by atoms with Crippen molar-refractivity contribution in [1.29, 1.82) is 0 Å². The van der Waals surface area contributed by atoms with Crippen molar-refractivity contribution in [3.63, 3.8) is 0 Å². The van der Waals surface area contributed by atoms with Crippen LogP contribution in [0, 0.1) is 6.92 Å². The largest absolute Gasteiger partial charge is 0.226 e. The van der Waals surface area contributed by atoms with E-state index in [9.17, 15) is 0 Å². The van der Waals surface area contributed by atoms with Gasteiger partial charge in [-0.3, -0.25) is 0 Å². The van der Waals surface area contributed by atoms with Gasteiger partial charge in [-0.2, -0.15) is 0 Å². The van der Waals surface area contributed by atoms with Crippen LogP contribution in [0.15, 0.2) is 6.20 Å². The minimum atomic E-state index is 0.336. The zero-order chi connectivity index (χ0) is 8.27. The average molecular weight is 171 g/mol. The lowest BCUT2D eigenvalue weighted by Gasteiger charge is -2.01. The van der Waals surface area contributed by atoms with Crippen molar-refractivity contribution < 1.29 is 0 Å². The van der Waals surface area contributed by atoms with Crippen LogP contribution in [0.1, 0.15) is 24.6 Å². The van der Waals surface area contributed by atoms with Gasteiger partial charge in [0, 0.05) is 11.9 Å². The first kappa shape index (κ1) is 8.47. The fourth-order valence-electron chi connectivity index (χ4n) is 0.978. The van der Waals surface area contributed by atoms with Crippen LogP contribution in [0.2, 0.25) is 5.28 Å². The summed E-state index contributed by atoms with van der Waals surface area (Å²) in [5.74, 6) is 0.